The highest BCUT2D eigenvalue weighted by Crippen LogP contribution is 2.58. The van der Waals surface area contributed by atoms with E-state index in [1.54, 1.807) is 18.2 Å². The maximum Gasteiger partial charge on any atom is 0.406 e. The van der Waals surface area contributed by atoms with Crippen molar-refractivity contribution in [3.63, 3.8) is 0 Å². The zero-order chi connectivity index (χ0) is 17.7. The molecule has 24 heavy (non-hydrogen) atoms. The van der Waals surface area contributed by atoms with E-state index in [-0.39, 0.29) is 11.8 Å². The summed E-state index contributed by atoms with van der Waals surface area (Å²) in [6.45, 7) is 2.61. The van der Waals surface area contributed by atoms with E-state index in [0.717, 1.165) is 17.7 Å². The van der Waals surface area contributed by atoms with E-state index in [9.17, 15) is 18.0 Å². The number of hydrogen-bond donors (Lipinski definition) is 1. The fourth-order valence-corrected chi connectivity index (χ4v) is 4.22. The van der Waals surface area contributed by atoms with Gasteiger partial charge in [-0.3, -0.25) is 0 Å². The molecule has 0 spiro atoms. The van der Waals surface area contributed by atoms with E-state index >= 15 is 0 Å². The molecule has 1 aromatic rings. The lowest BCUT2D eigenvalue weighted by Crippen LogP contribution is -2.61. The van der Waals surface area contributed by atoms with Crippen molar-refractivity contribution in [3.8, 4) is 0 Å². The van der Waals surface area contributed by atoms with Crippen LogP contribution in [0, 0.1) is 11.8 Å². The summed E-state index contributed by atoms with van der Waals surface area (Å²) in [5, 5.41) is 3.07. The van der Waals surface area contributed by atoms with E-state index in [4.69, 9.17) is 11.6 Å². The summed E-state index contributed by atoms with van der Waals surface area (Å²) in [6, 6.07) is 4.35. The average molecular weight is 361 g/mol. The molecule has 3 rings (SSSR count). The van der Waals surface area contributed by atoms with Crippen LogP contribution < -0.4 is 5.32 Å². The molecule has 0 saturated heterocycles. The van der Waals surface area contributed by atoms with E-state index in [1.165, 1.54) is 0 Å². The molecule has 1 saturated carbocycles. The van der Waals surface area contributed by atoms with Crippen LogP contribution >= 0.6 is 11.6 Å². The van der Waals surface area contributed by atoms with Gasteiger partial charge < -0.3 is 10.2 Å². The monoisotopic (exact) mass is 360 g/mol. The van der Waals surface area contributed by atoms with E-state index in [1.807, 2.05) is 13.8 Å². The number of alkyl halides is 3. The van der Waals surface area contributed by atoms with Crippen LogP contribution in [-0.4, -0.2) is 23.7 Å². The first kappa shape index (κ1) is 17.4. The van der Waals surface area contributed by atoms with Gasteiger partial charge in [-0.2, -0.15) is 13.2 Å². The fraction of sp³-hybridized carbons (Fsp3) is 0.588. The number of hydrogen-bond acceptors (Lipinski definition) is 1. The molecular formula is C17H20ClF3N2O. The third-order valence-corrected chi connectivity index (χ3v) is 5.48. The van der Waals surface area contributed by atoms with Crippen LogP contribution in [0.15, 0.2) is 18.2 Å². The van der Waals surface area contributed by atoms with Crippen LogP contribution in [0.1, 0.15) is 38.7 Å². The fourth-order valence-electron chi connectivity index (χ4n) is 4.04. The van der Waals surface area contributed by atoms with E-state index < -0.39 is 24.3 Å². The van der Waals surface area contributed by atoms with Crippen molar-refractivity contribution in [2.75, 3.05) is 11.9 Å². The van der Waals surface area contributed by atoms with Crippen molar-refractivity contribution >= 4 is 23.3 Å². The van der Waals surface area contributed by atoms with Crippen molar-refractivity contribution in [1.29, 1.82) is 0 Å². The van der Waals surface area contributed by atoms with Gasteiger partial charge in [0.05, 0.1) is 5.54 Å². The molecule has 1 heterocycles. The SMILES string of the molecule is CCC(C)C1(C2CC2)c2cc(Cl)ccc2NC(=O)N1CC(F)(F)F. The summed E-state index contributed by atoms with van der Waals surface area (Å²) in [5.41, 5.74) is 0.304. The molecule has 2 atom stereocenters. The Hall–Kier alpha value is -1.43. The van der Waals surface area contributed by atoms with Gasteiger partial charge in [-0.1, -0.05) is 31.9 Å². The molecule has 1 aliphatic carbocycles. The number of amides is 2. The van der Waals surface area contributed by atoms with Gasteiger partial charge in [0.15, 0.2) is 0 Å². The van der Waals surface area contributed by atoms with Crippen LogP contribution in [-0.2, 0) is 5.54 Å². The second-order valence-corrected chi connectivity index (χ2v) is 7.17. The maximum absolute atomic E-state index is 13.2. The first-order valence-corrected chi connectivity index (χ1v) is 8.53. The minimum atomic E-state index is -4.46. The molecule has 0 radical (unpaired) electrons. The van der Waals surface area contributed by atoms with Crippen molar-refractivity contribution < 1.29 is 18.0 Å². The topological polar surface area (TPSA) is 32.3 Å². The smallest absolute Gasteiger partial charge is 0.307 e. The largest absolute Gasteiger partial charge is 0.406 e. The van der Waals surface area contributed by atoms with Gasteiger partial charge in [-0.05, 0) is 42.9 Å². The standard InChI is InChI=1S/C17H20ClF3N2O/c1-3-10(2)17(11-4-5-11)13-8-12(18)6-7-14(13)22-15(24)23(17)9-16(19,20)21/h6-8,10-11H,3-5,9H2,1-2H3,(H,22,24). The maximum atomic E-state index is 13.2. The highest BCUT2D eigenvalue weighted by molar-refractivity contribution is 6.30. The summed E-state index contributed by atoms with van der Waals surface area (Å²) in [4.78, 5) is 13.6. The minimum absolute atomic E-state index is 0.0260. The second kappa shape index (κ2) is 5.83. The summed E-state index contributed by atoms with van der Waals surface area (Å²) in [6.07, 6.45) is -2.15. The van der Waals surface area contributed by atoms with Gasteiger partial charge in [0.1, 0.15) is 6.54 Å². The van der Waals surface area contributed by atoms with E-state index in [0.29, 0.717) is 22.7 Å². The van der Waals surface area contributed by atoms with Gasteiger partial charge in [0.25, 0.3) is 0 Å². The lowest BCUT2D eigenvalue weighted by Gasteiger charge is -2.52. The second-order valence-electron chi connectivity index (χ2n) is 6.73. The number of anilines is 1. The van der Waals surface area contributed by atoms with E-state index in [2.05, 4.69) is 5.32 Å². The average Bonchev–Trinajstić information content (AvgIpc) is 3.32. The molecule has 2 amide bonds. The first-order chi connectivity index (χ1) is 11.2. The van der Waals surface area contributed by atoms with Crippen molar-refractivity contribution in [2.45, 2.75) is 44.8 Å². The van der Waals surface area contributed by atoms with Gasteiger partial charge >= 0.3 is 12.2 Å². The molecule has 132 valence electrons. The Morgan fingerprint density at radius 2 is 2.08 bits per heavy atom. The Kier molecular flexibility index (Phi) is 4.22. The molecule has 0 aromatic heterocycles. The van der Waals surface area contributed by atoms with Crippen molar-refractivity contribution in [3.05, 3.63) is 28.8 Å². The number of carbonyl (C=O) groups excluding carboxylic acids is 1. The lowest BCUT2D eigenvalue weighted by atomic mass is 9.71. The lowest BCUT2D eigenvalue weighted by molar-refractivity contribution is -0.157. The Labute approximate surface area is 144 Å². The number of nitrogens with one attached hydrogen (secondary N) is 1. The van der Waals surface area contributed by atoms with Crippen molar-refractivity contribution in [1.82, 2.24) is 4.90 Å². The third kappa shape index (κ3) is 2.75. The number of benzene rings is 1. The Bertz CT molecular complexity index is 660. The molecule has 0 bridgehead atoms. The molecule has 1 aliphatic heterocycles. The predicted octanol–water partition coefficient (Wildman–Crippen LogP) is 5.40. The summed E-state index contributed by atoms with van der Waals surface area (Å²) in [7, 11) is 0. The molecule has 2 unspecified atom stereocenters. The first-order valence-electron chi connectivity index (χ1n) is 8.15. The minimum Gasteiger partial charge on any atom is -0.307 e. The highest BCUT2D eigenvalue weighted by atomic mass is 35.5. The number of carbonyl (C=O) groups is 1. The third-order valence-electron chi connectivity index (χ3n) is 5.25. The number of fused-ring (bicyclic) bond motifs is 1. The molecule has 1 fully saturated rings. The zero-order valence-electron chi connectivity index (χ0n) is 13.6. The van der Waals surface area contributed by atoms with Crippen LogP contribution in [0.3, 0.4) is 0 Å². The van der Waals surface area contributed by atoms with Gasteiger partial charge in [0, 0.05) is 16.3 Å². The molecule has 7 heteroatoms. The Morgan fingerprint density at radius 3 is 2.62 bits per heavy atom. The highest BCUT2D eigenvalue weighted by Gasteiger charge is 2.59. The quantitative estimate of drug-likeness (QED) is 0.765. The summed E-state index contributed by atoms with van der Waals surface area (Å²) >= 11 is 6.14. The van der Waals surface area contributed by atoms with Gasteiger partial charge in [0.2, 0.25) is 0 Å². The van der Waals surface area contributed by atoms with Crippen LogP contribution in [0.4, 0.5) is 23.7 Å². The van der Waals surface area contributed by atoms with Crippen LogP contribution in [0.25, 0.3) is 0 Å². The Balaban J connectivity index is 2.23. The molecular weight excluding hydrogens is 341 g/mol. The van der Waals surface area contributed by atoms with Crippen LogP contribution in [0.2, 0.25) is 5.02 Å². The number of urea groups is 1. The number of nitrogens with zero attached hydrogens (tertiary/aromatic N) is 1. The molecule has 3 nitrogen and oxygen atoms in total. The van der Waals surface area contributed by atoms with Gasteiger partial charge in [-0.15, -0.1) is 0 Å². The molecule has 1 N–H and O–H groups in total. The predicted molar refractivity (Wildman–Crippen MR) is 87.1 cm³/mol. The Morgan fingerprint density at radius 1 is 1.42 bits per heavy atom. The zero-order valence-corrected chi connectivity index (χ0v) is 14.3. The summed E-state index contributed by atoms with van der Waals surface area (Å²) in [5.74, 6) is -0.0892. The van der Waals surface area contributed by atoms with Crippen LogP contribution in [0.5, 0.6) is 0 Å². The normalized spacial score (nSPS) is 25.2. The van der Waals surface area contributed by atoms with Gasteiger partial charge in [-0.25, -0.2) is 4.79 Å². The number of rotatable bonds is 4. The summed E-state index contributed by atoms with van der Waals surface area (Å²) < 4.78 is 39.6. The molecule has 2 aliphatic rings. The number of halogens is 4. The van der Waals surface area contributed by atoms with Crippen molar-refractivity contribution in [2.24, 2.45) is 11.8 Å². The molecule has 1 aromatic carbocycles.